The molecule has 17 heavy (non-hydrogen) atoms. The van der Waals surface area contributed by atoms with Gasteiger partial charge in [0.05, 0.1) is 6.54 Å². The largest absolute Gasteiger partial charge is 0.480 e. The molecule has 0 spiro atoms. The summed E-state index contributed by atoms with van der Waals surface area (Å²) in [5.41, 5.74) is 0. The first kappa shape index (κ1) is 14.4. The number of carboxylic acid groups (broad SMARTS) is 1. The number of nitrogens with one attached hydrogen (secondary N) is 1. The van der Waals surface area contributed by atoms with Crippen molar-refractivity contribution in [3.05, 3.63) is 0 Å². The fraction of sp³-hybridized carbons (Fsp3) is 0.917. The molecule has 0 bridgehead atoms. The molecule has 1 saturated heterocycles. The first-order chi connectivity index (χ1) is 8.22. The summed E-state index contributed by atoms with van der Waals surface area (Å²) in [4.78, 5) is 12.8. The molecule has 1 heterocycles. The van der Waals surface area contributed by atoms with Gasteiger partial charge in [0.2, 0.25) is 0 Å². The zero-order valence-corrected chi connectivity index (χ0v) is 10.7. The molecule has 1 fully saturated rings. The van der Waals surface area contributed by atoms with Gasteiger partial charge in [-0.1, -0.05) is 0 Å². The maximum absolute atomic E-state index is 10.4. The summed E-state index contributed by atoms with van der Waals surface area (Å²) in [5.74, 6) is -0.191. The average Bonchev–Trinajstić information content (AvgIpc) is 2.29. The molecule has 0 aliphatic carbocycles. The van der Waals surface area contributed by atoms with Crippen molar-refractivity contribution in [1.29, 1.82) is 0 Å². The monoisotopic (exact) mass is 244 g/mol. The fourth-order valence-corrected chi connectivity index (χ4v) is 2.34. The van der Waals surface area contributed by atoms with Crippen LogP contribution in [-0.4, -0.2) is 62.4 Å². The van der Waals surface area contributed by atoms with E-state index < -0.39 is 5.97 Å². The van der Waals surface area contributed by atoms with E-state index in [9.17, 15) is 4.79 Å². The second-order valence-corrected chi connectivity index (χ2v) is 4.68. The van der Waals surface area contributed by atoms with E-state index in [0.29, 0.717) is 5.92 Å². The fourth-order valence-electron chi connectivity index (χ4n) is 2.34. The third-order valence-corrected chi connectivity index (χ3v) is 3.14. The molecule has 0 aromatic rings. The lowest BCUT2D eigenvalue weighted by Crippen LogP contribution is -2.41. The minimum absolute atomic E-state index is 0.0696. The number of ether oxygens (including phenoxy) is 1. The second-order valence-electron chi connectivity index (χ2n) is 4.68. The Morgan fingerprint density at radius 1 is 1.59 bits per heavy atom. The summed E-state index contributed by atoms with van der Waals surface area (Å²) in [6.45, 7) is 5.03. The van der Waals surface area contributed by atoms with E-state index in [4.69, 9.17) is 9.84 Å². The molecule has 5 nitrogen and oxygen atoms in total. The van der Waals surface area contributed by atoms with E-state index in [2.05, 4.69) is 10.2 Å². The number of methoxy groups -OCH3 is 1. The van der Waals surface area contributed by atoms with Gasteiger partial charge in [-0.05, 0) is 38.3 Å². The van der Waals surface area contributed by atoms with Crippen LogP contribution in [0.2, 0.25) is 0 Å². The number of nitrogens with zero attached hydrogens (tertiary/aromatic N) is 1. The molecule has 0 aromatic carbocycles. The number of rotatable bonds is 8. The molecule has 1 aliphatic heterocycles. The topological polar surface area (TPSA) is 61.8 Å². The van der Waals surface area contributed by atoms with Crippen molar-refractivity contribution >= 4 is 5.97 Å². The third kappa shape index (κ3) is 6.61. The van der Waals surface area contributed by atoms with E-state index in [-0.39, 0.29) is 6.54 Å². The summed E-state index contributed by atoms with van der Waals surface area (Å²) in [6.07, 6.45) is 3.49. The highest BCUT2D eigenvalue weighted by atomic mass is 16.5. The van der Waals surface area contributed by atoms with Gasteiger partial charge in [0, 0.05) is 26.8 Å². The lowest BCUT2D eigenvalue weighted by molar-refractivity contribution is -0.136. The molecular weight excluding hydrogens is 220 g/mol. The van der Waals surface area contributed by atoms with Crippen LogP contribution in [0.15, 0.2) is 0 Å². The molecule has 1 aliphatic rings. The Kier molecular flexibility index (Phi) is 7.16. The van der Waals surface area contributed by atoms with Crippen LogP contribution in [0.1, 0.15) is 19.3 Å². The molecule has 1 unspecified atom stereocenters. The zero-order valence-electron chi connectivity index (χ0n) is 10.7. The van der Waals surface area contributed by atoms with Gasteiger partial charge in [-0.3, -0.25) is 4.79 Å². The minimum Gasteiger partial charge on any atom is -0.480 e. The van der Waals surface area contributed by atoms with Gasteiger partial charge < -0.3 is 20.1 Å². The Labute approximate surface area is 103 Å². The van der Waals surface area contributed by atoms with E-state index in [1.807, 2.05) is 0 Å². The van der Waals surface area contributed by atoms with Gasteiger partial charge in [0.1, 0.15) is 0 Å². The Bertz CT molecular complexity index is 224. The lowest BCUT2D eigenvalue weighted by atomic mass is 9.98. The van der Waals surface area contributed by atoms with Crippen LogP contribution < -0.4 is 5.32 Å². The van der Waals surface area contributed by atoms with Gasteiger partial charge in [0.25, 0.3) is 0 Å². The van der Waals surface area contributed by atoms with Crippen molar-refractivity contribution in [2.75, 3.05) is 46.4 Å². The van der Waals surface area contributed by atoms with Crippen LogP contribution in [0.5, 0.6) is 0 Å². The molecule has 0 aromatic heterocycles. The molecule has 0 saturated carbocycles. The number of likely N-dealkylation sites (tertiary alicyclic amines) is 1. The highest BCUT2D eigenvalue weighted by Crippen LogP contribution is 2.15. The molecule has 0 amide bonds. The Morgan fingerprint density at radius 3 is 3.12 bits per heavy atom. The van der Waals surface area contributed by atoms with Crippen LogP contribution in [0.3, 0.4) is 0 Å². The van der Waals surface area contributed by atoms with Gasteiger partial charge >= 0.3 is 5.97 Å². The summed E-state index contributed by atoms with van der Waals surface area (Å²) < 4.78 is 5.05. The molecule has 5 heteroatoms. The molecule has 2 N–H and O–H groups in total. The van der Waals surface area contributed by atoms with Crippen LogP contribution in [-0.2, 0) is 9.53 Å². The van der Waals surface area contributed by atoms with Crippen molar-refractivity contribution in [2.24, 2.45) is 5.92 Å². The number of aliphatic carboxylic acids is 1. The SMILES string of the molecule is COCCCN1CCCC(CNCC(=O)O)C1. The van der Waals surface area contributed by atoms with Gasteiger partial charge in [-0.15, -0.1) is 0 Å². The van der Waals surface area contributed by atoms with Crippen LogP contribution in [0.25, 0.3) is 0 Å². The molecular formula is C12H24N2O3. The highest BCUT2D eigenvalue weighted by Gasteiger charge is 2.19. The van der Waals surface area contributed by atoms with Crippen molar-refractivity contribution in [3.8, 4) is 0 Å². The van der Waals surface area contributed by atoms with Crippen molar-refractivity contribution in [3.63, 3.8) is 0 Å². The van der Waals surface area contributed by atoms with E-state index in [1.54, 1.807) is 7.11 Å². The van der Waals surface area contributed by atoms with Gasteiger partial charge in [-0.25, -0.2) is 0 Å². The minimum atomic E-state index is -0.780. The molecule has 1 atom stereocenters. The predicted octanol–water partition coefficient (Wildman–Crippen LogP) is 0.409. The number of hydrogen-bond donors (Lipinski definition) is 2. The van der Waals surface area contributed by atoms with Crippen molar-refractivity contribution in [1.82, 2.24) is 10.2 Å². The van der Waals surface area contributed by atoms with E-state index in [0.717, 1.165) is 32.7 Å². The number of hydrogen-bond acceptors (Lipinski definition) is 4. The summed E-state index contributed by atoms with van der Waals surface area (Å²) in [5, 5.41) is 11.5. The normalized spacial score (nSPS) is 21.6. The number of piperidine rings is 1. The van der Waals surface area contributed by atoms with Crippen molar-refractivity contribution < 1.29 is 14.6 Å². The first-order valence-electron chi connectivity index (χ1n) is 6.36. The third-order valence-electron chi connectivity index (χ3n) is 3.14. The van der Waals surface area contributed by atoms with Crippen LogP contribution in [0.4, 0.5) is 0 Å². The van der Waals surface area contributed by atoms with Crippen molar-refractivity contribution in [2.45, 2.75) is 19.3 Å². The van der Waals surface area contributed by atoms with E-state index in [1.165, 1.54) is 19.4 Å². The van der Waals surface area contributed by atoms with Gasteiger partial charge in [0.15, 0.2) is 0 Å². The lowest BCUT2D eigenvalue weighted by Gasteiger charge is -2.32. The van der Waals surface area contributed by atoms with Gasteiger partial charge in [-0.2, -0.15) is 0 Å². The predicted molar refractivity (Wildman–Crippen MR) is 66.2 cm³/mol. The Balaban J connectivity index is 2.12. The van der Waals surface area contributed by atoms with Crippen LogP contribution in [0, 0.1) is 5.92 Å². The molecule has 100 valence electrons. The first-order valence-corrected chi connectivity index (χ1v) is 6.36. The molecule has 1 rings (SSSR count). The molecule has 0 radical (unpaired) electrons. The summed E-state index contributed by atoms with van der Waals surface area (Å²) in [6, 6.07) is 0. The standard InChI is InChI=1S/C12H24N2O3/c1-17-7-3-6-14-5-2-4-11(10-14)8-13-9-12(15)16/h11,13H,2-10H2,1H3,(H,15,16). The van der Waals surface area contributed by atoms with Crippen LogP contribution >= 0.6 is 0 Å². The van der Waals surface area contributed by atoms with E-state index >= 15 is 0 Å². The zero-order chi connectivity index (χ0) is 12.5. The smallest absolute Gasteiger partial charge is 0.317 e. The second kappa shape index (κ2) is 8.44. The average molecular weight is 244 g/mol. The quantitative estimate of drug-likeness (QED) is 0.606. The number of carboxylic acids is 1. The maximum atomic E-state index is 10.4. The summed E-state index contributed by atoms with van der Waals surface area (Å²) >= 11 is 0. The highest BCUT2D eigenvalue weighted by molar-refractivity contribution is 5.68. The Hall–Kier alpha value is -0.650. The summed E-state index contributed by atoms with van der Waals surface area (Å²) in [7, 11) is 1.73. The Morgan fingerprint density at radius 2 is 2.41 bits per heavy atom. The maximum Gasteiger partial charge on any atom is 0.317 e. The number of carbonyl (C=O) groups is 1.